The van der Waals surface area contributed by atoms with E-state index < -0.39 is 0 Å². The summed E-state index contributed by atoms with van der Waals surface area (Å²) in [4.78, 5) is 11.6. The highest BCUT2D eigenvalue weighted by molar-refractivity contribution is 5.73. The molecule has 0 atom stereocenters. The van der Waals surface area contributed by atoms with Crippen molar-refractivity contribution >= 4 is 6.03 Å². The van der Waals surface area contributed by atoms with Crippen LogP contribution >= 0.6 is 0 Å². The van der Waals surface area contributed by atoms with E-state index in [4.69, 9.17) is 9.47 Å². The predicted octanol–water partition coefficient (Wildman–Crippen LogP) is 2.57. The van der Waals surface area contributed by atoms with Gasteiger partial charge in [0.15, 0.2) is 6.73 Å². The molecule has 2 aromatic rings. The van der Waals surface area contributed by atoms with E-state index in [1.807, 2.05) is 54.6 Å². The van der Waals surface area contributed by atoms with E-state index in [-0.39, 0.29) is 12.8 Å². The average molecular weight is 300 g/mol. The van der Waals surface area contributed by atoms with Gasteiger partial charge in [0.2, 0.25) is 0 Å². The van der Waals surface area contributed by atoms with Crippen molar-refractivity contribution in [1.29, 1.82) is 0 Å². The quantitative estimate of drug-likeness (QED) is 0.773. The van der Waals surface area contributed by atoms with Crippen LogP contribution in [0.2, 0.25) is 0 Å². The molecule has 5 heteroatoms. The monoisotopic (exact) mass is 300 g/mol. The number of carbonyl (C=O) groups is 1. The first-order chi connectivity index (χ1) is 10.8. The third-order valence-electron chi connectivity index (χ3n) is 3.09. The van der Waals surface area contributed by atoms with Crippen molar-refractivity contribution in [2.75, 3.05) is 20.4 Å². The average Bonchev–Trinajstić information content (AvgIpc) is 2.56. The van der Waals surface area contributed by atoms with Crippen LogP contribution in [-0.2, 0) is 6.42 Å². The first-order valence-corrected chi connectivity index (χ1v) is 7.11. The summed E-state index contributed by atoms with van der Waals surface area (Å²) in [6.45, 7) is 0.655. The normalized spacial score (nSPS) is 9.86. The summed E-state index contributed by atoms with van der Waals surface area (Å²) in [7, 11) is 1.64. The lowest BCUT2D eigenvalue weighted by atomic mass is 10.1. The van der Waals surface area contributed by atoms with Crippen LogP contribution in [0.15, 0.2) is 54.6 Å². The topological polar surface area (TPSA) is 59.6 Å². The number of methoxy groups -OCH3 is 1. The number of rotatable bonds is 7. The molecule has 0 unspecified atom stereocenters. The number of benzene rings is 2. The largest absolute Gasteiger partial charge is 0.496 e. The molecule has 0 aliphatic heterocycles. The van der Waals surface area contributed by atoms with Crippen LogP contribution in [0.5, 0.6) is 11.5 Å². The SMILES string of the molecule is COc1ccccc1CCNC(=O)NCOc1ccccc1. The molecule has 0 heterocycles. The van der Waals surface area contributed by atoms with E-state index in [0.29, 0.717) is 13.0 Å². The smallest absolute Gasteiger partial charge is 0.317 e. The minimum atomic E-state index is -0.258. The minimum Gasteiger partial charge on any atom is -0.496 e. The Morgan fingerprint density at radius 1 is 1.00 bits per heavy atom. The maximum absolute atomic E-state index is 11.6. The van der Waals surface area contributed by atoms with Crippen molar-refractivity contribution in [3.05, 3.63) is 60.2 Å². The van der Waals surface area contributed by atoms with Crippen LogP contribution in [-0.4, -0.2) is 26.4 Å². The molecule has 0 aliphatic rings. The van der Waals surface area contributed by atoms with E-state index in [2.05, 4.69) is 10.6 Å². The van der Waals surface area contributed by atoms with Crippen molar-refractivity contribution in [1.82, 2.24) is 10.6 Å². The number of hydrogen-bond acceptors (Lipinski definition) is 3. The van der Waals surface area contributed by atoms with Crippen LogP contribution < -0.4 is 20.1 Å². The Morgan fingerprint density at radius 2 is 1.73 bits per heavy atom. The summed E-state index contributed by atoms with van der Waals surface area (Å²) < 4.78 is 10.7. The highest BCUT2D eigenvalue weighted by atomic mass is 16.5. The molecular weight excluding hydrogens is 280 g/mol. The molecule has 0 aliphatic carbocycles. The Bertz CT molecular complexity index is 587. The van der Waals surface area contributed by atoms with Crippen LogP contribution in [0.1, 0.15) is 5.56 Å². The molecule has 2 rings (SSSR count). The fourth-order valence-electron chi connectivity index (χ4n) is 1.98. The molecule has 0 saturated carbocycles. The van der Waals surface area contributed by atoms with Gasteiger partial charge in [0, 0.05) is 6.54 Å². The third kappa shape index (κ3) is 5.01. The van der Waals surface area contributed by atoms with E-state index in [1.54, 1.807) is 7.11 Å². The van der Waals surface area contributed by atoms with Gasteiger partial charge in [-0.05, 0) is 30.2 Å². The first kappa shape index (κ1) is 15.7. The van der Waals surface area contributed by atoms with Crippen molar-refractivity contribution in [2.24, 2.45) is 0 Å². The second-order valence-electron chi connectivity index (χ2n) is 4.60. The molecule has 2 aromatic carbocycles. The molecule has 116 valence electrons. The van der Waals surface area contributed by atoms with E-state index >= 15 is 0 Å². The maximum Gasteiger partial charge on any atom is 0.317 e. The van der Waals surface area contributed by atoms with Gasteiger partial charge >= 0.3 is 6.03 Å². The van der Waals surface area contributed by atoms with Gasteiger partial charge in [-0.1, -0.05) is 36.4 Å². The van der Waals surface area contributed by atoms with Crippen LogP contribution in [0.25, 0.3) is 0 Å². The molecule has 0 radical (unpaired) electrons. The summed E-state index contributed by atoms with van der Waals surface area (Å²) in [5.41, 5.74) is 1.06. The van der Waals surface area contributed by atoms with Gasteiger partial charge < -0.3 is 20.1 Å². The summed E-state index contributed by atoms with van der Waals surface area (Å²) in [6, 6.07) is 16.8. The van der Waals surface area contributed by atoms with Crippen molar-refractivity contribution in [3.8, 4) is 11.5 Å². The zero-order chi connectivity index (χ0) is 15.6. The second kappa shape index (κ2) is 8.56. The third-order valence-corrected chi connectivity index (χ3v) is 3.09. The van der Waals surface area contributed by atoms with Gasteiger partial charge in [0.1, 0.15) is 11.5 Å². The summed E-state index contributed by atoms with van der Waals surface area (Å²) >= 11 is 0. The number of amides is 2. The molecule has 0 bridgehead atoms. The lowest BCUT2D eigenvalue weighted by molar-refractivity contribution is 0.224. The molecule has 0 aromatic heterocycles. The summed E-state index contributed by atoms with van der Waals surface area (Å²) in [6.07, 6.45) is 0.705. The number of para-hydroxylation sites is 2. The van der Waals surface area contributed by atoms with Gasteiger partial charge in [-0.15, -0.1) is 0 Å². The zero-order valence-corrected chi connectivity index (χ0v) is 12.5. The van der Waals surface area contributed by atoms with E-state index in [1.165, 1.54) is 0 Å². The Hall–Kier alpha value is -2.69. The van der Waals surface area contributed by atoms with E-state index in [9.17, 15) is 4.79 Å². The maximum atomic E-state index is 11.6. The van der Waals surface area contributed by atoms with Gasteiger partial charge in [-0.3, -0.25) is 0 Å². The molecular formula is C17H20N2O3. The fourth-order valence-corrected chi connectivity index (χ4v) is 1.98. The number of urea groups is 1. The van der Waals surface area contributed by atoms with Crippen LogP contribution in [0, 0.1) is 0 Å². The van der Waals surface area contributed by atoms with Crippen LogP contribution in [0.3, 0.4) is 0 Å². The van der Waals surface area contributed by atoms with Gasteiger partial charge in [0.25, 0.3) is 0 Å². The molecule has 2 amide bonds. The number of nitrogens with one attached hydrogen (secondary N) is 2. The Labute approximate surface area is 130 Å². The second-order valence-corrected chi connectivity index (χ2v) is 4.60. The standard InChI is InChI=1S/C17H20N2O3/c1-21-16-10-6-5-7-14(16)11-12-18-17(20)19-13-22-15-8-3-2-4-9-15/h2-10H,11-13H2,1H3,(H2,18,19,20). The Balaban J connectivity index is 1.65. The minimum absolute atomic E-state index is 0.129. The van der Waals surface area contributed by atoms with Gasteiger partial charge in [-0.2, -0.15) is 0 Å². The lowest BCUT2D eigenvalue weighted by Gasteiger charge is -2.10. The molecule has 2 N–H and O–H groups in total. The predicted molar refractivity (Wildman–Crippen MR) is 85.2 cm³/mol. The van der Waals surface area contributed by atoms with Gasteiger partial charge in [-0.25, -0.2) is 4.79 Å². The van der Waals surface area contributed by atoms with Crippen molar-refractivity contribution < 1.29 is 14.3 Å². The van der Waals surface area contributed by atoms with Gasteiger partial charge in [0.05, 0.1) is 7.11 Å². The summed E-state index contributed by atoms with van der Waals surface area (Å²) in [5.74, 6) is 1.55. The Kier molecular flexibility index (Phi) is 6.11. The number of hydrogen-bond donors (Lipinski definition) is 2. The van der Waals surface area contributed by atoms with Crippen LogP contribution in [0.4, 0.5) is 4.79 Å². The first-order valence-electron chi connectivity index (χ1n) is 7.11. The van der Waals surface area contributed by atoms with Crippen molar-refractivity contribution in [3.63, 3.8) is 0 Å². The highest BCUT2D eigenvalue weighted by Crippen LogP contribution is 2.17. The molecule has 0 spiro atoms. The number of carbonyl (C=O) groups excluding carboxylic acids is 1. The molecule has 22 heavy (non-hydrogen) atoms. The Morgan fingerprint density at radius 3 is 2.50 bits per heavy atom. The molecule has 0 saturated heterocycles. The van der Waals surface area contributed by atoms with E-state index in [0.717, 1.165) is 17.1 Å². The summed E-state index contributed by atoms with van der Waals surface area (Å²) in [5, 5.41) is 5.43. The number of ether oxygens (including phenoxy) is 2. The molecule has 5 nitrogen and oxygen atoms in total. The zero-order valence-electron chi connectivity index (χ0n) is 12.5. The fraction of sp³-hybridized carbons (Fsp3) is 0.235. The molecule has 0 fully saturated rings. The lowest BCUT2D eigenvalue weighted by Crippen LogP contribution is -2.38. The van der Waals surface area contributed by atoms with Crippen molar-refractivity contribution in [2.45, 2.75) is 6.42 Å². The highest BCUT2D eigenvalue weighted by Gasteiger charge is 2.03.